The van der Waals surface area contributed by atoms with Gasteiger partial charge in [0.25, 0.3) is 0 Å². The van der Waals surface area contributed by atoms with Gasteiger partial charge in [-0.15, -0.1) is 0 Å². The van der Waals surface area contributed by atoms with Gasteiger partial charge < -0.3 is 88.6 Å². The van der Waals surface area contributed by atoms with Gasteiger partial charge in [0.05, 0.1) is 55.0 Å². The maximum Gasteiger partial charge on any atom is 0.343 e. The summed E-state index contributed by atoms with van der Waals surface area (Å²) in [7, 11) is 2.77. The number of Topliss-reactive ketones (excluding diaryl/α,β-unsaturated/α-hetero) is 1. The minimum Gasteiger partial charge on any atom is -0.492 e. The quantitative estimate of drug-likeness (QED) is 0.0271. The Morgan fingerprint density at radius 1 is 0.660 bits per heavy atom. The number of carbonyl (C=O) groups is 10. The molecule has 4 heterocycles. The van der Waals surface area contributed by atoms with E-state index in [-0.39, 0.29) is 94.2 Å². The number of methoxy groups -OCH3 is 2. The lowest BCUT2D eigenvalue weighted by molar-refractivity contribution is -0.181. The van der Waals surface area contributed by atoms with Crippen molar-refractivity contribution in [2.45, 2.75) is 140 Å². The number of pyridine rings is 2. The number of aliphatic carboxylic acids is 4. The van der Waals surface area contributed by atoms with Crippen LogP contribution < -0.4 is 40.8 Å². The Morgan fingerprint density at radius 3 is 1.56 bits per heavy atom. The number of nitrogens with zero attached hydrogens (tertiary/aromatic N) is 4. The van der Waals surface area contributed by atoms with Crippen molar-refractivity contribution in [2.24, 2.45) is 28.6 Å². The highest BCUT2D eigenvalue weighted by molar-refractivity contribution is 6.02. The molecule has 4 aromatic rings. The highest BCUT2D eigenvalue weighted by atomic mass is 19.1. The zero-order valence-electron chi connectivity index (χ0n) is 59.3. The van der Waals surface area contributed by atoms with Crippen molar-refractivity contribution in [2.75, 3.05) is 83.1 Å². The Bertz CT molecular complexity index is 4230. The molecular weight excluding hydrogens is 1390 g/mol. The molecule has 0 bridgehead atoms. The van der Waals surface area contributed by atoms with E-state index in [9.17, 15) is 67.7 Å². The topological polar surface area (TPSA) is 422 Å². The summed E-state index contributed by atoms with van der Waals surface area (Å²) in [6, 6.07) is 1.86. The van der Waals surface area contributed by atoms with Gasteiger partial charge in [-0.3, -0.25) is 28.8 Å². The predicted molar refractivity (Wildman–Crippen MR) is 373 cm³/mol. The molecule has 570 valence electrons. The number of piperazine rings is 2. The molecular formula is C74H86F2N6O24. The molecule has 7 fully saturated rings. The van der Waals surface area contributed by atoms with E-state index in [4.69, 9.17) is 48.8 Å². The third-order valence-corrected chi connectivity index (χ3v) is 21.3. The number of hydrogen-bond acceptors (Lipinski definition) is 24. The van der Waals surface area contributed by atoms with Gasteiger partial charge in [0.2, 0.25) is 16.6 Å². The van der Waals surface area contributed by atoms with E-state index in [0.29, 0.717) is 120 Å². The smallest absolute Gasteiger partial charge is 0.343 e. The Labute approximate surface area is 605 Å². The lowest BCUT2D eigenvalue weighted by Crippen LogP contribution is -2.61. The first-order chi connectivity index (χ1) is 50.2. The average Bonchev–Trinajstić information content (AvgIpc) is 1.43. The lowest BCUT2D eigenvalue weighted by Gasteiger charge is -2.59. The van der Waals surface area contributed by atoms with Crippen LogP contribution in [0.2, 0.25) is 0 Å². The summed E-state index contributed by atoms with van der Waals surface area (Å²) in [5, 5.41) is 61.7. The number of benzene rings is 2. The van der Waals surface area contributed by atoms with Gasteiger partial charge in [-0.1, -0.05) is 25.5 Å². The molecule has 2 saturated heterocycles. The fourth-order valence-corrected chi connectivity index (χ4v) is 16.2. The number of ketones is 2. The summed E-state index contributed by atoms with van der Waals surface area (Å²) in [6.45, 7) is 8.22. The van der Waals surface area contributed by atoms with Gasteiger partial charge in [-0.05, 0) is 108 Å². The van der Waals surface area contributed by atoms with Gasteiger partial charge in [0.15, 0.2) is 41.6 Å². The van der Waals surface area contributed by atoms with Crippen LogP contribution in [-0.4, -0.2) is 202 Å². The number of halogens is 2. The second-order valence-corrected chi connectivity index (χ2v) is 28.4. The van der Waals surface area contributed by atoms with Crippen molar-refractivity contribution in [3.8, 4) is 11.5 Å². The highest BCUT2D eigenvalue weighted by Gasteiger charge is 2.68. The minimum absolute atomic E-state index is 0.0294. The SMILES string of the molecule is COc1c(N2CCNC(C)C2)c(F)cc2c(=O)c(C(=O)OCC(COC(=O)c3cn(C4CC4)c4c(OC)c(N5CCNC(C)C5)c(F)cc4c3=O)OC(=O)CCC(=O)OCC(=O)[C@@]3(O)CCC4C5CCC6=CC(=O)C=C[C@]6(C)C5[C@@H](O)C[C@@]43C)cn(C3CC3)c12.O=C(O)/C=C/C(=O)O.O=C(O)/C=C/C(=O)O. The summed E-state index contributed by atoms with van der Waals surface area (Å²) in [5.74, 6) is -12.1. The number of carbonyl (C=O) groups excluding carboxylic acids is 6. The van der Waals surface area contributed by atoms with Crippen LogP contribution in [0.5, 0.6) is 11.5 Å². The number of rotatable bonds is 23. The summed E-state index contributed by atoms with van der Waals surface area (Å²) in [6.07, 6.45) is 10.7. The number of carboxylic acids is 4. The van der Waals surface area contributed by atoms with Crippen molar-refractivity contribution in [3.05, 3.63) is 116 Å². The van der Waals surface area contributed by atoms with E-state index in [1.807, 2.05) is 36.6 Å². The van der Waals surface area contributed by atoms with Gasteiger partial charge >= 0.3 is 47.8 Å². The Morgan fingerprint density at radius 2 is 1.12 bits per heavy atom. The van der Waals surface area contributed by atoms with E-state index >= 15 is 8.78 Å². The maximum atomic E-state index is 16.3. The second-order valence-electron chi connectivity index (χ2n) is 28.4. The summed E-state index contributed by atoms with van der Waals surface area (Å²) >= 11 is 0. The Kier molecular flexibility index (Phi) is 23.9. The zero-order chi connectivity index (χ0) is 77.0. The zero-order valence-corrected chi connectivity index (χ0v) is 59.3. The average molecular weight is 1480 g/mol. The molecule has 5 saturated carbocycles. The molecule has 0 radical (unpaired) electrons. The van der Waals surface area contributed by atoms with E-state index in [1.54, 1.807) is 22.1 Å². The highest BCUT2D eigenvalue weighted by Crippen LogP contribution is 2.67. The van der Waals surface area contributed by atoms with Crippen LogP contribution >= 0.6 is 0 Å². The van der Waals surface area contributed by atoms with Crippen LogP contribution in [0.15, 0.2) is 82.2 Å². The van der Waals surface area contributed by atoms with Crippen LogP contribution in [0.4, 0.5) is 20.2 Å². The first-order valence-corrected chi connectivity index (χ1v) is 35.0. The standard InChI is InChI=1S/C66H78F2N6O16.2C4H4O4/c1-34-27-71(21-19-69-34)56-47(67)24-42-54(60(56)85-5)73(37-8-9-37)29-44(58(42)80)62(82)88-31-40(32-89-63(83)45-30-74(38-10-11-38)55-43(59(45)81)25-48(68)57(61(55)86-6)72-22-20-70-35(2)28-72)90-52(79)14-13-51(78)87-33-50(77)66(84)18-16-46-41-12-7-36-23-39(75)15-17-64(36,3)53(41)49(76)26-65(46,66)4;2*5-3(6)1-2-4(7)8/h15,17,23-25,29-30,34-35,37-38,40-41,46,49,53,69-70,76,84H,7-14,16,18-22,26-28,31-33H2,1-6H3;2*1-2H,(H,5,6)(H,7,8)/b;2*2-1+/t34?,35?,40?,41?,46?,49-,53?,64-,65-,66-;;/m0../s1. The van der Waals surface area contributed by atoms with Crippen molar-refractivity contribution < 1.29 is 116 Å². The Hall–Kier alpha value is -10.2. The molecule has 30 nitrogen and oxygen atoms in total. The van der Waals surface area contributed by atoms with Crippen molar-refractivity contribution in [3.63, 3.8) is 0 Å². The number of allylic oxidation sites excluding steroid dienone is 4. The van der Waals surface area contributed by atoms with E-state index < -0.39 is 148 Å². The molecule has 32 heteroatoms. The molecule has 8 N–H and O–H groups in total. The number of hydrogen-bond donors (Lipinski definition) is 8. The number of aliphatic hydroxyl groups is 2. The fraction of sp³-hybridized carbons (Fsp3) is 0.514. The van der Waals surface area contributed by atoms with Gasteiger partial charge in [0, 0.05) is 117 Å². The molecule has 5 unspecified atom stereocenters. The molecule has 2 aliphatic heterocycles. The first kappa shape index (κ1) is 78.4. The van der Waals surface area contributed by atoms with E-state index in [0.717, 1.165) is 17.7 Å². The van der Waals surface area contributed by atoms with Crippen LogP contribution in [0.25, 0.3) is 21.8 Å². The molecule has 9 atom stereocenters. The number of aromatic nitrogens is 2. The van der Waals surface area contributed by atoms with Gasteiger partial charge in [-0.25, -0.2) is 37.5 Å². The molecule has 12 rings (SSSR count). The number of nitrogens with one attached hydrogen (secondary N) is 2. The largest absolute Gasteiger partial charge is 0.492 e. The van der Waals surface area contributed by atoms with Crippen LogP contribution in [0.3, 0.4) is 0 Å². The first-order valence-electron chi connectivity index (χ1n) is 35.0. The number of esters is 4. The normalized spacial score (nSPS) is 25.5. The molecule has 8 aliphatic rings. The number of fused-ring (bicyclic) bond motifs is 7. The maximum absolute atomic E-state index is 16.3. The molecule has 2 aromatic heterocycles. The molecule has 2 aromatic carbocycles. The number of aliphatic hydroxyl groups excluding tert-OH is 1. The van der Waals surface area contributed by atoms with E-state index in [1.165, 1.54) is 32.7 Å². The van der Waals surface area contributed by atoms with Crippen molar-refractivity contribution in [1.82, 2.24) is 19.8 Å². The third kappa shape index (κ3) is 16.6. The van der Waals surface area contributed by atoms with E-state index in [2.05, 4.69) is 10.6 Å². The molecule has 0 amide bonds. The Balaban J connectivity index is 0.000000675. The van der Waals surface area contributed by atoms with Gasteiger partial charge in [0.1, 0.15) is 41.3 Å². The lowest BCUT2D eigenvalue weighted by atomic mass is 9.46. The molecule has 6 aliphatic carbocycles. The molecule has 106 heavy (non-hydrogen) atoms. The number of anilines is 2. The number of carboxylic acid groups (broad SMARTS) is 4. The van der Waals surface area contributed by atoms with Gasteiger partial charge in [-0.2, -0.15) is 0 Å². The summed E-state index contributed by atoms with van der Waals surface area (Å²) in [4.78, 5) is 152. The minimum atomic E-state index is -1.96. The number of ether oxygens (including phenoxy) is 6. The summed E-state index contributed by atoms with van der Waals surface area (Å²) < 4.78 is 70.2. The van der Waals surface area contributed by atoms with Crippen LogP contribution in [-0.2, 0) is 57.3 Å². The monoisotopic (exact) mass is 1480 g/mol. The van der Waals surface area contributed by atoms with Crippen molar-refractivity contribution in [1.29, 1.82) is 0 Å². The second kappa shape index (κ2) is 32.3. The predicted octanol–water partition coefficient (Wildman–Crippen LogP) is 5.13. The summed E-state index contributed by atoms with van der Waals surface area (Å²) in [5.41, 5.74) is -4.42. The molecule has 0 spiro atoms. The van der Waals surface area contributed by atoms with Crippen LogP contribution in [0.1, 0.15) is 131 Å². The van der Waals surface area contributed by atoms with Crippen LogP contribution in [0, 0.1) is 40.2 Å². The fourth-order valence-electron chi connectivity index (χ4n) is 16.2. The third-order valence-electron chi connectivity index (χ3n) is 21.3. The van der Waals surface area contributed by atoms with Crippen molar-refractivity contribution >= 4 is 92.5 Å².